The summed E-state index contributed by atoms with van der Waals surface area (Å²) < 4.78 is 2.46. The molecule has 0 spiro atoms. The Morgan fingerprint density at radius 2 is 1.28 bits per heavy atom. The summed E-state index contributed by atoms with van der Waals surface area (Å²) in [7, 11) is 2.28. The lowest BCUT2D eigenvalue weighted by atomic mass is 9.89. The first-order valence-electron chi connectivity index (χ1n) is 19.3. The van der Waals surface area contributed by atoms with Gasteiger partial charge in [-0.25, -0.2) is 0 Å². The number of fused-ring (bicyclic) bond motifs is 6. The number of aliphatic imine (C=N–C) groups is 1. The standard InChI is InChI=1S/C48H45N5/c1-3-51-47(34-14-6-4-7-15-34)31-42(49-48(51)35-16-8-5-9-17-35)33-22-24-36(25-23-33)52-45-27-26-37(30-40(45)41-32-50(2)29-28-46(41)52)53-43-20-12-10-18-38(43)39-19-11-13-21-44(39)53/h4-27,30,41,46-48H,3,28-29,31-32H2,1-2H3. The third kappa shape index (κ3) is 5.41. The second-order valence-corrected chi connectivity index (χ2v) is 15.1. The molecule has 7 aromatic rings. The van der Waals surface area contributed by atoms with Crippen molar-refractivity contribution in [2.75, 3.05) is 31.6 Å². The van der Waals surface area contributed by atoms with Crippen LogP contribution < -0.4 is 4.90 Å². The fraction of sp³-hybridized carbons (Fsp3) is 0.229. The number of anilines is 2. The molecule has 4 unspecified atom stereocenters. The van der Waals surface area contributed by atoms with Gasteiger partial charge in [0, 0.05) is 64.5 Å². The van der Waals surface area contributed by atoms with Gasteiger partial charge in [0.2, 0.25) is 0 Å². The summed E-state index contributed by atoms with van der Waals surface area (Å²) in [6, 6.07) is 56.7. The molecular weight excluding hydrogens is 647 g/mol. The minimum Gasteiger partial charge on any atom is -0.337 e. The van der Waals surface area contributed by atoms with E-state index in [1.165, 1.54) is 66.8 Å². The molecule has 1 aromatic heterocycles. The Hall–Kier alpha value is -5.49. The number of piperidine rings is 1. The van der Waals surface area contributed by atoms with Crippen LogP contribution in [0.5, 0.6) is 0 Å². The quantitative estimate of drug-likeness (QED) is 0.174. The van der Waals surface area contributed by atoms with Crippen molar-refractivity contribution in [3.63, 3.8) is 0 Å². The van der Waals surface area contributed by atoms with E-state index < -0.39 is 0 Å². The summed E-state index contributed by atoms with van der Waals surface area (Å²) in [5.41, 5.74) is 12.8. The van der Waals surface area contributed by atoms with Crippen molar-refractivity contribution in [1.29, 1.82) is 0 Å². The van der Waals surface area contributed by atoms with Gasteiger partial charge in [-0.1, -0.05) is 116 Å². The van der Waals surface area contributed by atoms with Gasteiger partial charge >= 0.3 is 0 Å². The van der Waals surface area contributed by atoms with Crippen molar-refractivity contribution in [1.82, 2.24) is 14.4 Å². The SMILES string of the molecule is CCN1C(c2ccccc2)CC(c2ccc(N3c4ccc(-n5c6ccccc6c6ccccc65)cc4C4CN(C)CCC43)cc2)=NC1c1ccccc1. The zero-order valence-corrected chi connectivity index (χ0v) is 30.5. The smallest absolute Gasteiger partial charge is 0.128 e. The maximum Gasteiger partial charge on any atom is 0.128 e. The van der Waals surface area contributed by atoms with Crippen molar-refractivity contribution in [3.8, 4) is 5.69 Å². The maximum atomic E-state index is 5.49. The molecule has 0 radical (unpaired) electrons. The topological polar surface area (TPSA) is 27.0 Å². The van der Waals surface area contributed by atoms with Crippen LogP contribution in [0.3, 0.4) is 0 Å². The highest BCUT2D eigenvalue weighted by Crippen LogP contribution is 2.49. The molecule has 0 bridgehead atoms. The monoisotopic (exact) mass is 691 g/mol. The molecule has 262 valence electrons. The molecule has 10 rings (SSSR count). The molecule has 0 saturated carbocycles. The molecule has 1 fully saturated rings. The average Bonchev–Trinajstić information content (AvgIpc) is 3.73. The van der Waals surface area contributed by atoms with Crippen LogP contribution >= 0.6 is 0 Å². The number of aromatic nitrogens is 1. The van der Waals surface area contributed by atoms with Gasteiger partial charge in [-0.2, -0.15) is 0 Å². The third-order valence-corrected chi connectivity index (χ3v) is 12.1. The minimum atomic E-state index is -0.0241. The summed E-state index contributed by atoms with van der Waals surface area (Å²) in [5, 5.41) is 2.60. The number of nitrogens with zero attached hydrogens (tertiary/aromatic N) is 5. The molecule has 4 atom stereocenters. The van der Waals surface area contributed by atoms with Gasteiger partial charge in [-0.05, 0) is 91.3 Å². The van der Waals surface area contributed by atoms with E-state index in [0.717, 1.165) is 32.5 Å². The highest BCUT2D eigenvalue weighted by molar-refractivity contribution is 6.09. The zero-order valence-electron chi connectivity index (χ0n) is 30.5. The van der Waals surface area contributed by atoms with E-state index in [4.69, 9.17) is 4.99 Å². The maximum absolute atomic E-state index is 5.49. The van der Waals surface area contributed by atoms with Crippen molar-refractivity contribution in [2.24, 2.45) is 4.99 Å². The largest absolute Gasteiger partial charge is 0.337 e. The molecule has 3 aliphatic heterocycles. The first-order chi connectivity index (χ1) is 26.2. The number of para-hydroxylation sites is 2. The van der Waals surface area contributed by atoms with Crippen LogP contribution in [0.25, 0.3) is 27.5 Å². The number of hydrogen-bond acceptors (Lipinski definition) is 4. The van der Waals surface area contributed by atoms with Crippen molar-refractivity contribution in [3.05, 3.63) is 174 Å². The highest BCUT2D eigenvalue weighted by Gasteiger charge is 2.42. The Balaban J connectivity index is 1.03. The molecule has 0 N–H and O–H groups in total. The van der Waals surface area contributed by atoms with E-state index in [9.17, 15) is 0 Å². The number of rotatable bonds is 6. The van der Waals surface area contributed by atoms with Crippen molar-refractivity contribution in [2.45, 2.75) is 43.9 Å². The van der Waals surface area contributed by atoms with E-state index in [0.29, 0.717) is 12.0 Å². The fourth-order valence-corrected chi connectivity index (χ4v) is 9.65. The summed E-state index contributed by atoms with van der Waals surface area (Å²) in [6.07, 6.45) is 2.00. The van der Waals surface area contributed by atoms with Gasteiger partial charge in [0.1, 0.15) is 6.17 Å². The Morgan fingerprint density at radius 1 is 0.660 bits per heavy atom. The summed E-state index contributed by atoms with van der Waals surface area (Å²) in [6.45, 7) is 5.36. The van der Waals surface area contributed by atoms with E-state index in [-0.39, 0.29) is 12.2 Å². The van der Waals surface area contributed by atoms with Crippen molar-refractivity contribution < 1.29 is 0 Å². The molecule has 4 heterocycles. The van der Waals surface area contributed by atoms with Gasteiger partial charge in [0.15, 0.2) is 0 Å². The minimum absolute atomic E-state index is 0.0241. The Bertz CT molecular complexity index is 2400. The lowest BCUT2D eigenvalue weighted by Gasteiger charge is -2.40. The van der Waals surface area contributed by atoms with Crippen LogP contribution in [-0.2, 0) is 0 Å². The van der Waals surface area contributed by atoms with Gasteiger partial charge in [-0.3, -0.25) is 9.89 Å². The van der Waals surface area contributed by atoms with Crippen LogP contribution in [0.4, 0.5) is 11.4 Å². The van der Waals surface area contributed by atoms with E-state index in [1.807, 2.05) is 0 Å². The fourth-order valence-electron chi connectivity index (χ4n) is 9.65. The summed E-state index contributed by atoms with van der Waals surface area (Å²) >= 11 is 0. The van der Waals surface area contributed by atoms with Crippen LogP contribution in [-0.4, -0.2) is 52.8 Å². The van der Waals surface area contributed by atoms with E-state index in [2.05, 4.69) is 185 Å². The van der Waals surface area contributed by atoms with Crippen LogP contribution in [0.2, 0.25) is 0 Å². The lowest BCUT2D eigenvalue weighted by Crippen LogP contribution is -2.43. The summed E-state index contributed by atoms with van der Waals surface area (Å²) in [4.78, 5) is 13.2. The second-order valence-electron chi connectivity index (χ2n) is 15.1. The average molecular weight is 692 g/mol. The first-order valence-corrected chi connectivity index (χ1v) is 19.3. The van der Waals surface area contributed by atoms with Gasteiger partial charge in [0.25, 0.3) is 0 Å². The van der Waals surface area contributed by atoms with Gasteiger partial charge in [0.05, 0.1) is 11.0 Å². The van der Waals surface area contributed by atoms with Crippen LogP contribution in [0.15, 0.2) is 157 Å². The number of benzene rings is 6. The molecule has 5 nitrogen and oxygen atoms in total. The van der Waals surface area contributed by atoms with Crippen LogP contribution in [0, 0.1) is 0 Å². The Labute approximate surface area is 312 Å². The predicted octanol–water partition coefficient (Wildman–Crippen LogP) is 10.7. The molecular formula is C48H45N5. The van der Waals surface area contributed by atoms with E-state index in [1.54, 1.807) is 0 Å². The van der Waals surface area contributed by atoms with Crippen LogP contribution in [0.1, 0.15) is 60.1 Å². The predicted molar refractivity (Wildman–Crippen MR) is 220 cm³/mol. The van der Waals surface area contributed by atoms with E-state index >= 15 is 0 Å². The molecule has 5 heteroatoms. The highest BCUT2D eigenvalue weighted by atomic mass is 15.3. The number of likely N-dealkylation sites (tertiary alicyclic amines) is 1. The normalized spacial score (nSPS) is 21.8. The molecule has 1 saturated heterocycles. The Morgan fingerprint density at radius 3 is 1.96 bits per heavy atom. The van der Waals surface area contributed by atoms with Gasteiger partial charge in [-0.15, -0.1) is 0 Å². The molecule has 53 heavy (non-hydrogen) atoms. The van der Waals surface area contributed by atoms with Crippen molar-refractivity contribution >= 4 is 38.9 Å². The first kappa shape index (κ1) is 32.2. The van der Waals surface area contributed by atoms with Gasteiger partial charge < -0.3 is 14.4 Å². The molecule has 6 aromatic carbocycles. The number of hydrogen-bond donors (Lipinski definition) is 0. The second kappa shape index (κ2) is 13.2. The third-order valence-electron chi connectivity index (χ3n) is 12.1. The molecule has 0 aliphatic carbocycles. The zero-order chi connectivity index (χ0) is 35.5. The molecule has 0 amide bonds. The lowest BCUT2D eigenvalue weighted by molar-refractivity contribution is 0.138. The molecule has 3 aliphatic rings. The summed E-state index contributed by atoms with van der Waals surface area (Å²) in [5.74, 6) is 0.442. The number of likely N-dealkylation sites (N-methyl/N-ethyl adjacent to an activating group) is 1. The Kier molecular flexibility index (Phi) is 8.00.